The van der Waals surface area contributed by atoms with E-state index in [1.165, 1.54) is 39.2 Å². The molecule has 0 atom stereocenters. The second-order valence-corrected chi connectivity index (χ2v) is 5.74. The van der Waals surface area contributed by atoms with Gasteiger partial charge >= 0.3 is 5.97 Å². The monoisotopic (exact) mass is 310 g/mol. The van der Waals surface area contributed by atoms with Crippen molar-refractivity contribution >= 4 is 5.97 Å². The lowest BCUT2D eigenvalue weighted by atomic mass is 10.1. The van der Waals surface area contributed by atoms with Crippen LogP contribution < -0.4 is 0 Å². The van der Waals surface area contributed by atoms with Gasteiger partial charge in [0.05, 0.1) is 12.9 Å². The molecule has 22 heavy (non-hydrogen) atoms. The van der Waals surface area contributed by atoms with Gasteiger partial charge in [-0.25, -0.2) is 0 Å². The molecule has 0 heterocycles. The SMILES string of the molecule is CCCCC/C(O)=C\C/C=C/CCCCCCCC(=O)OC. The highest BCUT2D eigenvalue weighted by Gasteiger charge is 1.98. The molecule has 0 rings (SSSR count). The highest BCUT2D eigenvalue weighted by molar-refractivity contribution is 5.68. The number of esters is 1. The van der Waals surface area contributed by atoms with Gasteiger partial charge in [-0.1, -0.05) is 51.2 Å². The first-order valence-corrected chi connectivity index (χ1v) is 8.80. The summed E-state index contributed by atoms with van der Waals surface area (Å²) in [7, 11) is 1.44. The number of aliphatic hydroxyl groups is 1. The molecule has 0 spiro atoms. The number of methoxy groups -OCH3 is 1. The van der Waals surface area contributed by atoms with Gasteiger partial charge in [-0.2, -0.15) is 0 Å². The fourth-order valence-corrected chi connectivity index (χ4v) is 2.24. The van der Waals surface area contributed by atoms with Gasteiger partial charge < -0.3 is 9.84 Å². The standard InChI is InChI=1S/C19H34O3/c1-3-4-12-15-18(20)16-13-10-8-6-5-7-9-11-14-17-19(21)22-2/h8,10,16,20H,3-7,9,11-15,17H2,1-2H3/b10-8+,18-16+. The van der Waals surface area contributed by atoms with Crippen molar-refractivity contribution in [1.29, 1.82) is 0 Å². The van der Waals surface area contributed by atoms with Crippen molar-refractivity contribution in [2.75, 3.05) is 7.11 Å². The van der Waals surface area contributed by atoms with Crippen LogP contribution in [0, 0.1) is 0 Å². The lowest BCUT2D eigenvalue weighted by Crippen LogP contribution is -1.98. The molecule has 0 unspecified atom stereocenters. The van der Waals surface area contributed by atoms with Crippen molar-refractivity contribution in [1.82, 2.24) is 0 Å². The summed E-state index contributed by atoms with van der Waals surface area (Å²) >= 11 is 0. The van der Waals surface area contributed by atoms with Crippen LogP contribution in [0.4, 0.5) is 0 Å². The zero-order valence-corrected chi connectivity index (χ0v) is 14.5. The third-order valence-corrected chi connectivity index (χ3v) is 3.67. The molecule has 0 aliphatic heterocycles. The minimum atomic E-state index is -0.103. The highest BCUT2D eigenvalue weighted by Crippen LogP contribution is 2.09. The molecule has 0 aromatic heterocycles. The molecule has 0 aliphatic carbocycles. The Labute approximate surface area is 136 Å². The van der Waals surface area contributed by atoms with Crippen LogP contribution in [-0.2, 0) is 9.53 Å². The van der Waals surface area contributed by atoms with Crippen molar-refractivity contribution in [2.24, 2.45) is 0 Å². The molecular formula is C19H34O3. The Hall–Kier alpha value is -1.25. The summed E-state index contributed by atoms with van der Waals surface area (Å²) < 4.78 is 4.61. The predicted octanol–water partition coefficient (Wildman–Crippen LogP) is 5.86. The van der Waals surface area contributed by atoms with Crippen molar-refractivity contribution in [2.45, 2.75) is 84.0 Å². The Kier molecular flexibility index (Phi) is 15.2. The molecule has 0 bridgehead atoms. The summed E-state index contributed by atoms with van der Waals surface area (Å²) in [6.07, 6.45) is 18.6. The third-order valence-electron chi connectivity index (χ3n) is 3.67. The first kappa shape index (κ1) is 20.8. The number of hydrogen-bond acceptors (Lipinski definition) is 3. The number of aliphatic hydroxyl groups excluding tert-OH is 1. The number of hydrogen-bond donors (Lipinski definition) is 1. The van der Waals surface area contributed by atoms with E-state index >= 15 is 0 Å². The van der Waals surface area contributed by atoms with Crippen LogP contribution in [0.25, 0.3) is 0 Å². The normalized spacial score (nSPS) is 12.0. The van der Waals surface area contributed by atoms with Crippen LogP contribution in [0.5, 0.6) is 0 Å². The predicted molar refractivity (Wildman–Crippen MR) is 92.9 cm³/mol. The third kappa shape index (κ3) is 15.1. The van der Waals surface area contributed by atoms with Gasteiger partial charge in [-0.15, -0.1) is 0 Å². The molecule has 0 aliphatic rings. The van der Waals surface area contributed by atoms with E-state index in [1.54, 1.807) is 0 Å². The summed E-state index contributed by atoms with van der Waals surface area (Å²) in [5.74, 6) is 0.428. The average Bonchev–Trinajstić information content (AvgIpc) is 2.52. The molecule has 0 saturated carbocycles. The molecule has 1 N–H and O–H groups in total. The zero-order valence-electron chi connectivity index (χ0n) is 14.5. The average molecular weight is 310 g/mol. The van der Waals surface area contributed by atoms with Crippen molar-refractivity contribution in [3.8, 4) is 0 Å². The Morgan fingerprint density at radius 1 is 0.955 bits per heavy atom. The maximum Gasteiger partial charge on any atom is 0.305 e. The lowest BCUT2D eigenvalue weighted by Gasteiger charge is -2.00. The first-order chi connectivity index (χ1) is 10.7. The molecule has 3 heteroatoms. The van der Waals surface area contributed by atoms with Gasteiger partial charge in [0.2, 0.25) is 0 Å². The molecule has 128 valence electrons. The van der Waals surface area contributed by atoms with Gasteiger partial charge in [0.1, 0.15) is 0 Å². The van der Waals surface area contributed by atoms with E-state index in [0.29, 0.717) is 12.2 Å². The summed E-state index contributed by atoms with van der Waals surface area (Å²) in [6, 6.07) is 0. The Morgan fingerprint density at radius 2 is 1.64 bits per heavy atom. The van der Waals surface area contributed by atoms with Crippen LogP contribution in [0.1, 0.15) is 84.0 Å². The van der Waals surface area contributed by atoms with Gasteiger partial charge in [-0.3, -0.25) is 4.79 Å². The van der Waals surface area contributed by atoms with Crippen molar-refractivity contribution in [3.05, 3.63) is 24.0 Å². The van der Waals surface area contributed by atoms with Crippen molar-refractivity contribution in [3.63, 3.8) is 0 Å². The summed E-state index contributed by atoms with van der Waals surface area (Å²) in [6.45, 7) is 2.17. The van der Waals surface area contributed by atoms with Crippen LogP contribution in [0.3, 0.4) is 0 Å². The molecule has 0 radical (unpaired) electrons. The molecular weight excluding hydrogens is 276 g/mol. The molecule has 0 fully saturated rings. The largest absolute Gasteiger partial charge is 0.513 e. The second-order valence-electron chi connectivity index (χ2n) is 5.74. The molecule has 0 amide bonds. The fraction of sp³-hybridized carbons (Fsp3) is 0.737. The molecule has 0 aromatic carbocycles. The zero-order chi connectivity index (χ0) is 16.5. The van der Waals surface area contributed by atoms with Crippen LogP contribution in [-0.4, -0.2) is 18.2 Å². The number of ether oxygens (including phenoxy) is 1. The minimum Gasteiger partial charge on any atom is -0.513 e. The highest BCUT2D eigenvalue weighted by atomic mass is 16.5. The Bertz CT molecular complexity index is 319. The summed E-state index contributed by atoms with van der Waals surface area (Å²) in [5.41, 5.74) is 0. The maximum atomic E-state index is 10.9. The van der Waals surface area contributed by atoms with E-state index < -0.39 is 0 Å². The van der Waals surface area contributed by atoms with Gasteiger partial charge in [0, 0.05) is 12.8 Å². The number of carbonyl (C=O) groups excluding carboxylic acids is 1. The van der Waals surface area contributed by atoms with E-state index in [0.717, 1.165) is 38.5 Å². The van der Waals surface area contributed by atoms with E-state index in [-0.39, 0.29) is 5.97 Å². The first-order valence-electron chi connectivity index (χ1n) is 8.80. The van der Waals surface area contributed by atoms with Crippen LogP contribution in [0.15, 0.2) is 24.0 Å². The van der Waals surface area contributed by atoms with E-state index in [1.807, 2.05) is 6.08 Å². The summed E-state index contributed by atoms with van der Waals surface area (Å²) in [5, 5.41) is 9.65. The van der Waals surface area contributed by atoms with E-state index in [4.69, 9.17) is 0 Å². The molecule has 0 aromatic rings. The van der Waals surface area contributed by atoms with Gasteiger partial charge in [0.25, 0.3) is 0 Å². The van der Waals surface area contributed by atoms with E-state index in [9.17, 15) is 9.90 Å². The van der Waals surface area contributed by atoms with Crippen molar-refractivity contribution < 1.29 is 14.6 Å². The van der Waals surface area contributed by atoms with Gasteiger partial charge in [-0.05, 0) is 38.2 Å². The Morgan fingerprint density at radius 3 is 2.36 bits per heavy atom. The number of rotatable bonds is 14. The number of allylic oxidation sites excluding steroid dienone is 4. The summed E-state index contributed by atoms with van der Waals surface area (Å²) in [4.78, 5) is 10.9. The van der Waals surface area contributed by atoms with Crippen LogP contribution in [0.2, 0.25) is 0 Å². The maximum absolute atomic E-state index is 10.9. The fourth-order valence-electron chi connectivity index (χ4n) is 2.24. The minimum absolute atomic E-state index is 0.103. The van der Waals surface area contributed by atoms with E-state index in [2.05, 4.69) is 23.8 Å². The number of carbonyl (C=O) groups is 1. The molecule has 0 saturated heterocycles. The topological polar surface area (TPSA) is 46.5 Å². The number of unbranched alkanes of at least 4 members (excludes halogenated alkanes) is 7. The smallest absolute Gasteiger partial charge is 0.305 e. The van der Waals surface area contributed by atoms with Crippen LogP contribution >= 0.6 is 0 Å². The Balaban J connectivity index is 3.37. The lowest BCUT2D eigenvalue weighted by molar-refractivity contribution is -0.140. The quantitative estimate of drug-likeness (QED) is 0.189. The van der Waals surface area contributed by atoms with Gasteiger partial charge in [0.15, 0.2) is 0 Å². The second kappa shape index (κ2) is 16.1. The molecule has 3 nitrogen and oxygen atoms in total.